The van der Waals surface area contributed by atoms with E-state index in [1.54, 1.807) is 0 Å². The van der Waals surface area contributed by atoms with E-state index in [1.807, 2.05) is 6.92 Å². The summed E-state index contributed by atoms with van der Waals surface area (Å²) in [6.45, 7) is 2.85. The van der Waals surface area contributed by atoms with E-state index >= 15 is 0 Å². The molecule has 1 aromatic heterocycles. The summed E-state index contributed by atoms with van der Waals surface area (Å²) in [6.07, 6.45) is 2.01. The maximum absolute atomic E-state index is 5.80. The number of fused-ring (bicyclic) bond motifs is 1. The van der Waals surface area contributed by atoms with Crippen LogP contribution in [0.5, 0.6) is 0 Å². The van der Waals surface area contributed by atoms with E-state index in [1.165, 1.54) is 0 Å². The van der Waals surface area contributed by atoms with Crippen molar-refractivity contribution in [2.45, 2.75) is 32.4 Å². The third-order valence-corrected chi connectivity index (χ3v) is 2.17. The lowest BCUT2D eigenvalue weighted by Gasteiger charge is -2.19. The van der Waals surface area contributed by atoms with Crippen molar-refractivity contribution in [3.05, 3.63) is 11.6 Å². The van der Waals surface area contributed by atoms with Gasteiger partial charge in [-0.05, 0) is 13.3 Å². The maximum atomic E-state index is 5.80. The summed E-state index contributed by atoms with van der Waals surface area (Å²) < 4.78 is 2.11. The van der Waals surface area contributed by atoms with E-state index in [0.717, 1.165) is 31.0 Å². The normalized spacial score (nSPS) is 19.7. The second-order valence-corrected chi connectivity index (χ2v) is 3.07. The van der Waals surface area contributed by atoms with Gasteiger partial charge in [0.2, 0.25) is 0 Å². The van der Waals surface area contributed by atoms with Crippen LogP contribution in [0.4, 0.5) is 0 Å². The molecule has 1 aliphatic rings. The van der Waals surface area contributed by atoms with Crippen molar-refractivity contribution in [3.63, 3.8) is 0 Å². The van der Waals surface area contributed by atoms with Gasteiger partial charge in [0.15, 0.2) is 0 Å². The molecular weight excluding hydrogens is 211 g/mol. The number of halogens is 2. The van der Waals surface area contributed by atoms with Crippen molar-refractivity contribution in [2.75, 3.05) is 0 Å². The molecule has 6 heteroatoms. The van der Waals surface area contributed by atoms with Crippen LogP contribution < -0.4 is 5.73 Å². The largest absolute Gasteiger partial charge is 0.326 e. The van der Waals surface area contributed by atoms with E-state index in [-0.39, 0.29) is 30.9 Å². The number of hydrogen-bond acceptors (Lipinski definition) is 3. The standard InChI is InChI=1S/C7H12N4.2ClH/c1-5-9-10-7-3-2-6(8)4-11(5)7;;/h6H,2-4,8H2,1H3;2*1H. The van der Waals surface area contributed by atoms with Gasteiger partial charge in [-0.1, -0.05) is 0 Å². The lowest BCUT2D eigenvalue weighted by molar-refractivity contribution is 0.448. The zero-order chi connectivity index (χ0) is 7.84. The number of aryl methyl sites for hydroxylation is 2. The highest BCUT2D eigenvalue weighted by Crippen LogP contribution is 2.12. The quantitative estimate of drug-likeness (QED) is 0.707. The first-order valence-electron chi connectivity index (χ1n) is 3.91. The Morgan fingerprint density at radius 3 is 2.77 bits per heavy atom. The first-order chi connectivity index (χ1) is 5.27. The molecule has 2 heterocycles. The molecule has 0 radical (unpaired) electrons. The number of hydrogen-bond donors (Lipinski definition) is 1. The van der Waals surface area contributed by atoms with Crippen LogP contribution in [0, 0.1) is 6.92 Å². The summed E-state index contributed by atoms with van der Waals surface area (Å²) >= 11 is 0. The summed E-state index contributed by atoms with van der Waals surface area (Å²) in [5.41, 5.74) is 5.80. The molecule has 1 atom stereocenters. The van der Waals surface area contributed by atoms with Crippen molar-refractivity contribution in [2.24, 2.45) is 5.73 Å². The van der Waals surface area contributed by atoms with E-state index in [0.29, 0.717) is 0 Å². The van der Waals surface area contributed by atoms with Crippen LogP contribution >= 0.6 is 24.8 Å². The van der Waals surface area contributed by atoms with Crippen LogP contribution in [-0.2, 0) is 13.0 Å². The molecule has 2 rings (SSSR count). The van der Waals surface area contributed by atoms with Crippen LogP contribution in [0.2, 0.25) is 0 Å². The highest BCUT2D eigenvalue weighted by Gasteiger charge is 2.17. The van der Waals surface area contributed by atoms with Gasteiger partial charge in [-0.15, -0.1) is 35.0 Å². The Balaban J connectivity index is 0.000000720. The van der Waals surface area contributed by atoms with Gasteiger partial charge in [0.05, 0.1) is 0 Å². The van der Waals surface area contributed by atoms with Crippen molar-refractivity contribution < 1.29 is 0 Å². The molecule has 0 spiro atoms. The molecule has 2 N–H and O–H groups in total. The van der Waals surface area contributed by atoms with Gasteiger partial charge in [-0.2, -0.15) is 0 Å². The average Bonchev–Trinajstić information content (AvgIpc) is 2.33. The highest BCUT2D eigenvalue weighted by atomic mass is 35.5. The Hall–Kier alpha value is -0.320. The zero-order valence-corrected chi connectivity index (χ0v) is 9.07. The molecule has 1 unspecified atom stereocenters. The van der Waals surface area contributed by atoms with Crippen molar-refractivity contribution in [1.29, 1.82) is 0 Å². The van der Waals surface area contributed by atoms with E-state index in [4.69, 9.17) is 5.73 Å². The van der Waals surface area contributed by atoms with Gasteiger partial charge in [-0.25, -0.2) is 0 Å². The summed E-state index contributed by atoms with van der Waals surface area (Å²) in [7, 11) is 0. The molecule has 0 amide bonds. The fourth-order valence-electron chi connectivity index (χ4n) is 1.49. The molecule has 13 heavy (non-hydrogen) atoms. The van der Waals surface area contributed by atoms with E-state index < -0.39 is 0 Å². The monoisotopic (exact) mass is 224 g/mol. The van der Waals surface area contributed by atoms with Gasteiger partial charge >= 0.3 is 0 Å². The predicted octanol–water partition coefficient (Wildman–Crippen LogP) is 0.704. The molecule has 1 aliphatic heterocycles. The van der Waals surface area contributed by atoms with Crippen molar-refractivity contribution >= 4 is 24.8 Å². The number of rotatable bonds is 0. The Kier molecular flexibility index (Phi) is 4.67. The summed E-state index contributed by atoms with van der Waals surface area (Å²) in [5.74, 6) is 2.07. The number of nitrogens with two attached hydrogens (primary N) is 1. The average molecular weight is 225 g/mol. The minimum absolute atomic E-state index is 0. The molecule has 0 bridgehead atoms. The first kappa shape index (κ1) is 12.7. The van der Waals surface area contributed by atoms with Crippen LogP contribution in [0.3, 0.4) is 0 Å². The van der Waals surface area contributed by atoms with Gasteiger partial charge in [0.1, 0.15) is 11.6 Å². The van der Waals surface area contributed by atoms with Crippen LogP contribution in [0.1, 0.15) is 18.1 Å². The smallest absolute Gasteiger partial charge is 0.133 e. The Morgan fingerprint density at radius 1 is 1.38 bits per heavy atom. The first-order valence-corrected chi connectivity index (χ1v) is 3.91. The predicted molar refractivity (Wildman–Crippen MR) is 55.6 cm³/mol. The van der Waals surface area contributed by atoms with Gasteiger partial charge in [0, 0.05) is 19.0 Å². The topological polar surface area (TPSA) is 56.7 Å². The van der Waals surface area contributed by atoms with Crippen molar-refractivity contribution in [3.8, 4) is 0 Å². The van der Waals surface area contributed by atoms with Crippen LogP contribution in [0.15, 0.2) is 0 Å². The molecule has 0 aliphatic carbocycles. The lowest BCUT2D eigenvalue weighted by Crippen LogP contribution is -2.32. The third kappa shape index (κ3) is 2.33. The molecule has 1 aromatic rings. The highest BCUT2D eigenvalue weighted by molar-refractivity contribution is 5.85. The summed E-state index contributed by atoms with van der Waals surface area (Å²) in [5, 5.41) is 8.04. The maximum Gasteiger partial charge on any atom is 0.133 e. The Bertz CT molecular complexity index is 273. The second kappa shape index (κ2) is 4.79. The lowest BCUT2D eigenvalue weighted by atomic mass is 10.1. The molecular formula is C7H14Cl2N4. The van der Waals surface area contributed by atoms with E-state index in [2.05, 4.69) is 14.8 Å². The zero-order valence-electron chi connectivity index (χ0n) is 7.43. The molecule has 0 saturated heterocycles. The number of nitrogens with zero attached hydrogens (tertiary/aromatic N) is 3. The third-order valence-electron chi connectivity index (χ3n) is 2.17. The minimum atomic E-state index is 0. The fourth-order valence-corrected chi connectivity index (χ4v) is 1.49. The van der Waals surface area contributed by atoms with Gasteiger partial charge in [0.25, 0.3) is 0 Å². The summed E-state index contributed by atoms with van der Waals surface area (Å²) in [4.78, 5) is 0. The van der Waals surface area contributed by atoms with Crippen molar-refractivity contribution in [1.82, 2.24) is 14.8 Å². The van der Waals surface area contributed by atoms with Gasteiger partial charge < -0.3 is 10.3 Å². The second-order valence-electron chi connectivity index (χ2n) is 3.07. The van der Waals surface area contributed by atoms with Gasteiger partial charge in [-0.3, -0.25) is 0 Å². The molecule has 4 nitrogen and oxygen atoms in total. The summed E-state index contributed by atoms with van der Waals surface area (Å²) in [6, 6.07) is 0.289. The Labute approximate surface area is 89.7 Å². The van der Waals surface area contributed by atoms with E-state index in [9.17, 15) is 0 Å². The molecule has 0 saturated carbocycles. The molecule has 76 valence electrons. The van der Waals surface area contributed by atoms with Crippen LogP contribution in [0.25, 0.3) is 0 Å². The number of aromatic nitrogens is 3. The minimum Gasteiger partial charge on any atom is -0.326 e. The Morgan fingerprint density at radius 2 is 2.08 bits per heavy atom. The SMILES string of the molecule is Cc1nnc2n1CC(N)CC2.Cl.Cl. The molecule has 0 aromatic carbocycles. The van der Waals surface area contributed by atoms with Crippen LogP contribution in [-0.4, -0.2) is 20.8 Å². The molecule has 0 fully saturated rings. The fraction of sp³-hybridized carbons (Fsp3) is 0.714.